The van der Waals surface area contributed by atoms with E-state index in [1.165, 1.54) is 25.3 Å². The summed E-state index contributed by atoms with van der Waals surface area (Å²) >= 11 is 0. The zero-order valence-electron chi connectivity index (χ0n) is 11.5. The highest BCUT2D eigenvalue weighted by Crippen LogP contribution is 2.28. The molecule has 0 atom stereocenters. The number of ether oxygens (including phenoxy) is 2. The van der Waals surface area contributed by atoms with Crippen LogP contribution >= 0.6 is 0 Å². The molecule has 0 radical (unpaired) electrons. The van der Waals surface area contributed by atoms with Gasteiger partial charge in [-0.25, -0.2) is 4.79 Å². The molecule has 108 valence electrons. The molecule has 0 spiro atoms. The van der Waals surface area contributed by atoms with Crippen molar-refractivity contribution in [2.75, 3.05) is 7.11 Å². The molecule has 2 aromatic carbocycles. The quantitative estimate of drug-likeness (QED) is 0.373. The van der Waals surface area contributed by atoms with Crippen LogP contribution in [0.1, 0.15) is 15.9 Å². The SMILES string of the molecule is COc1cccc(C(=O)Oc2cc(C)ccc2[N+](=O)[O-])c1. The highest BCUT2D eigenvalue weighted by Gasteiger charge is 2.19. The highest BCUT2D eigenvalue weighted by molar-refractivity contribution is 5.92. The third kappa shape index (κ3) is 3.36. The second-order valence-corrected chi connectivity index (χ2v) is 4.35. The minimum atomic E-state index is -0.678. The van der Waals surface area contributed by atoms with E-state index in [0.29, 0.717) is 5.75 Å². The Labute approximate surface area is 121 Å². The van der Waals surface area contributed by atoms with Crippen LogP contribution in [0.3, 0.4) is 0 Å². The van der Waals surface area contributed by atoms with Crippen molar-refractivity contribution in [3.8, 4) is 11.5 Å². The smallest absolute Gasteiger partial charge is 0.343 e. The van der Waals surface area contributed by atoms with Gasteiger partial charge in [-0.1, -0.05) is 12.1 Å². The Hall–Kier alpha value is -2.89. The Morgan fingerprint density at radius 3 is 2.62 bits per heavy atom. The summed E-state index contributed by atoms with van der Waals surface area (Å²) in [5.74, 6) is -0.251. The summed E-state index contributed by atoms with van der Waals surface area (Å²) in [7, 11) is 1.48. The van der Waals surface area contributed by atoms with Crippen molar-refractivity contribution in [2.24, 2.45) is 0 Å². The first kappa shape index (κ1) is 14.5. The number of hydrogen-bond acceptors (Lipinski definition) is 5. The molecule has 0 saturated carbocycles. The predicted octanol–water partition coefficient (Wildman–Crippen LogP) is 3.13. The number of nitro benzene ring substituents is 1. The fourth-order valence-electron chi connectivity index (χ4n) is 1.76. The van der Waals surface area contributed by atoms with Gasteiger partial charge in [0.2, 0.25) is 5.75 Å². The second kappa shape index (κ2) is 6.04. The molecule has 0 amide bonds. The van der Waals surface area contributed by atoms with Crippen LogP contribution < -0.4 is 9.47 Å². The van der Waals surface area contributed by atoms with Gasteiger partial charge in [-0.3, -0.25) is 10.1 Å². The molecular formula is C15H13NO5. The molecule has 0 heterocycles. The van der Waals surface area contributed by atoms with Gasteiger partial charge in [0, 0.05) is 6.07 Å². The summed E-state index contributed by atoms with van der Waals surface area (Å²) in [6, 6.07) is 10.7. The largest absolute Gasteiger partial charge is 0.497 e. The van der Waals surface area contributed by atoms with Gasteiger partial charge in [0.05, 0.1) is 17.6 Å². The number of hydrogen-bond donors (Lipinski definition) is 0. The molecule has 21 heavy (non-hydrogen) atoms. The average Bonchev–Trinajstić information content (AvgIpc) is 2.47. The van der Waals surface area contributed by atoms with Crippen LogP contribution in [-0.2, 0) is 0 Å². The molecule has 6 heteroatoms. The van der Waals surface area contributed by atoms with E-state index in [0.717, 1.165) is 5.56 Å². The number of carbonyl (C=O) groups excluding carboxylic acids is 1. The first-order chi connectivity index (χ1) is 10.0. The van der Waals surface area contributed by atoms with E-state index in [1.807, 2.05) is 0 Å². The molecule has 0 aliphatic heterocycles. The number of aryl methyl sites for hydroxylation is 1. The topological polar surface area (TPSA) is 78.7 Å². The lowest BCUT2D eigenvalue weighted by molar-refractivity contribution is -0.385. The van der Waals surface area contributed by atoms with Gasteiger partial charge in [0.25, 0.3) is 0 Å². The Bertz CT molecular complexity index is 696. The lowest BCUT2D eigenvalue weighted by Crippen LogP contribution is -2.10. The maximum Gasteiger partial charge on any atom is 0.343 e. The number of carbonyl (C=O) groups is 1. The Kier molecular flexibility index (Phi) is 4.18. The second-order valence-electron chi connectivity index (χ2n) is 4.35. The molecule has 0 saturated heterocycles. The first-order valence-corrected chi connectivity index (χ1v) is 6.12. The molecule has 0 aromatic heterocycles. The van der Waals surface area contributed by atoms with Crippen LogP contribution in [0, 0.1) is 17.0 Å². The van der Waals surface area contributed by atoms with Gasteiger partial charge in [-0.05, 0) is 36.8 Å². The van der Waals surface area contributed by atoms with E-state index < -0.39 is 10.9 Å². The molecule has 2 aromatic rings. The number of benzene rings is 2. The number of rotatable bonds is 4. The van der Waals surface area contributed by atoms with Crippen LogP contribution in [0.2, 0.25) is 0 Å². The van der Waals surface area contributed by atoms with E-state index in [9.17, 15) is 14.9 Å². The molecule has 0 N–H and O–H groups in total. The standard InChI is InChI=1S/C15H13NO5/c1-10-6-7-13(16(18)19)14(8-10)21-15(17)11-4-3-5-12(9-11)20-2/h3-9H,1-2H3. The van der Waals surface area contributed by atoms with Crippen LogP contribution in [0.4, 0.5) is 5.69 Å². The van der Waals surface area contributed by atoms with E-state index in [1.54, 1.807) is 31.2 Å². The lowest BCUT2D eigenvalue weighted by atomic mass is 10.2. The monoisotopic (exact) mass is 287 g/mol. The molecule has 0 aliphatic carbocycles. The van der Waals surface area contributed by atoms with Gasteiger partial charge < -0.3 is 9.47 Å². The molecule has 6 nitrogen and oxygen atoms in total. The zero-order valence-corrected chi connectivity index (χ0v) is 11.5. The summed E-state index contributed by atoms with van der Waals surface area (Å²) < 4.78 is 10.2. The van der Waals surface area contributed by atoms with E-state index >= 15 is 0 Å². The minimum absolute atomic E-state index is 0.0761. The number of methoxy groups -OCH3 is 1. The fraction of sp³-hybridized carbons (Fsp3) is 0.133. The Morgan fingerprint density at radius 2 is 1.95 bits per heavy atom. The van der Waals surface area contributed by atoms with Crippen molar-refractivity contribution < 1.29 is 19.2 Å². The van der Waals surface area contributed by atoms with E-state index in [-0.39, 0.29) is 17.0 Å². The van der Waals surface area contributed by atoms with Crippen LogP contribution in [0.5, 0.6) is 11.5 Å². The molecule has 2 rings (SSSR count). The molecular weight excluding hydrogens is 274 g/mol. The van der Waals surface area contributed by atoms with Crippen LogP contribution in [0.15, 0.2) is 42.5 Å². The van der Waals surface area contributed by atoms with Crippen molar-refractivity contribution >= 4 is 11.7 Å². The van der Waals surface area contributed by atoms with Crippen LogP contribution in [-0.4, -0.2) is 18.0 Å². The normalized spacial score (nSPS) is 10.0. The Morgan fingerprint density at radius 1 is 1.19 bits per heavy atom. The van der Waals surface area contributed by atoms with Gasteiger partial charge in [0.1, 0.15) is 5.75 Å². The van der Waals surface area contributed by atoms with Crippen molar-refractivity contribution in [2.45, 2.75) is 6.92 Å². The van der Waals surface area contributed by atoms with E-state index in [4.69, 9.17) is 9.47 Å². The van der Waals surface area contributed by atoms with E-state index in [2.05, 4.69) is 0 Å². The third-order valence-electron chi connectivity index (χ3n) is 2.82. The van der Waals surface area contributed by atoms with Gasteiger partial charge in [-0.15, -0.1) is 0 Å². The predicted molar refractivity (Wildman–Crippen MR) is 75.8 cm³/mol. The minimum Gasteiger partial charge on any atom is -0.497 e. The maximum absolute atomic E-state index is 12.1. The summed E-state index contributed by atoms with van der Waals surface area (Å²) in [6.07, 6.45) is 0. The number of esters is 1. The van der Waals surface area contributed by atoms with Crippen molar-refractivity contribution in [1.29, 1.82) is 0 Å². The maximum atomic E-state index is 12.1. The summed E-state index contributed by atoms with van der Waals surface area (Å²) in [5, 5.41) is 10.9. The molecule has 0 fully saturated rings. The highest BCUT2D eigenvalue weighted by atomic mass is 16.6. The third-order valence-corrected chi connectivity index (χ3v) is 2.82. The van der Waals surface area contributed by atoms with Gasteiger partial charge >= 0.3 is 11.7 Å². The fourth-order valence-corrected chi connectivity index (χ4v) is 1.76. The first-order valence-electron chi connectivity index (χ1n) is 6.12. The van der Waals surface area contributed by atoms with Gasteiger partial charge in [-0.2, -0.15) is 0 Å². The summed E-state index contributed by atoms with van der Waals surface area (Å²) in [5.41, 5.74) is 0.760. The van der Waals surface area contributed by atoms with Gasteiger partial charge in [0.15, 0.2) is 0 Å². The van der Waals surface area contributed by atoms with Crippen LogP contribution in [0.25, 0.3) is 0 Å². The van der Waals surface area contributed by atoms with Crippen molar-refractivity contribution in [3.05, 3.63) is 63.7 Å². The lowest BCUT2D eigenvalue weighted by Gasteiger charge is -2.07. The zero-order chi connectivity index (χ0) is 15.4. The molecule has 0 bridgehead atoms. The summed E-state index contributed by atoms with van der Waals surface area (Å²) in [6.45, 7) is 1.76. The molecule has 0 unspecified atom stereocenters. The molecule has 0 aliphatic rings. The number of nitro groups is 1. The average molecular weight is 287 g/mol. The van der Waals surface area contributed by atoms with Crippen molar-refractivity contribution in [1.82, 2.24) is 0 Å². The van der Waals surface area contributed by atoms with Crippen molar-refractivity contribution in [3.63, 3.8) is 0 Å². The Balaban J connectivity index is 2.30. The summed E-state index contributed by atoms with van der Waals surface area (Å²) in [4.78, 5) is 22.4. The number of nitrogens with zero attached hydrogens (tertiary/aromatic N) is 1.